The highest BCUT2D eigenvalue weighted by atomic mass is 32.1. The topological polar surface area (TPSA) is 28.7 Å². The Morgan fingerprint density at radius 3 is 2.57 bits per heavy atom. The highest BCUT2D eigenvalue weighted by molar-refractivity contribution is 7.71. The van der Waals surface area contributed by atoms with Gasteiger partial charge in [-0.3, -0.25) is 4.98 Å². The van der Waals surface area contributed by atoms with E-state index < -0.39 is 11.9 Å². The number of nitrogens with one attached hydrogen (secondary N) is 1. The van der Waals surface area contributed by atoms with Gasteiger partial charge in [-0.1, -0.05) is 12.2 Å². The average Bonchev–Trinajstić information content (AvgIpc) is 2.85. The van der Waals surface area contributed by atoms with Crippen molar-refractivity contribution in [3.05, 3.63) is 22.2 Å². The summed E-state index contributed by atoms with van der Waals surface area (Å²) in [6.07, 6.45) is -1.57. The van der Waals surface area contributed by atoms with Crippen LogP contribution in [0.1, 0.15) is 30.1 Å². The maximum Gasteiger partial charge on any atom is 0.433 e. The van der Waals surface area contributed by atoms with E-state index in [9.17, 15) is 13.2 Å². The number of hydrogen-bond acceptors (Lipinski definition) is 2. The third-order valence-corrected chi connectivity index (χ3v) is 2.28. The largest absolute Gasteiger partial charge is 0.433 e. The summed E-state index contributed by atoms with van der Waals surface area (Å²) in [4.78, 5) is 5.92. The van der Waals surface area contributed by atoms with Crippen molar-refractivity contribution in [2.45, 2.75) is 24.9 Å². The standard InChI is InChI=1S/C8H7F3N2S/c9-8(10,11)7-6(4-1-2-4)12-3-5(14)13-7/h3-4H,1-2H2,(H,13,14). The number of H-pyrrole nitrogens is 1. The van der Waals surface area contributed by atoms with E-state index in [1.807, 2.05) is 0 Å². The van der Waals surface area contributed by atoms with E-state index in [2.05, 4.69) is 22.2 Å². The van der Waals surface area contributed by atoms with Crippen LogP contribution in [0.15, 0.2) is 6.20 Å². The molecule has 0 spiro atoms. The zero-order valence-corrected chi connectivity index (χ0v) is 7.87. The van der Waals surface area contributed by atoms with E-state index in [0.29, 0.717) is 0 Å². The van der Waals surface area contributed by atoms with E-state index >= 15 is 0 Å². The molecule has 1 aliphatic carbocycles. The lowest BCUT2D eigenvalue weighted by Crippen LogP contribution is -2.13. The summed E-state index contributed by atoms with van der Waals surface area (Å²) < 4.78 is 37.5. The maximum atomic E-state index is 12.5. The Kier molecular flexibility index (Phi) is 2.10. The first-order valence-electron chi connectivity index (χ1n) is 4.15. The first-order chi connectivity index (χ1) is 6.48. The normalized spacial score (nSPS) is 17.1. The van der Waals surface area contributed by atoms with Crippen LogP contribution in [-0.4, -0.2) is 9.97 Å². The Labute approximate surface area is 83.2 Å². The summed E-state index contributed by atoms with van der Waals surface area (Å²) in [5, 5.41) is 0. The van der Waals surface area contributed by atoms with Crippen LogP contribution >= 0.6 is 12.2 Å². The average molecular weight is 220 g/mol. The predicted molar refractivity (Wildman–Crippen MR) is 46.4 cm³/mol. The summed E-state index contributed by atoms with van der Waals surface area (Å²) in [6, 6.07) is 0. The second kappa shape index (κ2) is 3.05. The van der Waals surface area contributed by atoms with E-state index in [0.717, 1.165) is 12.8 Å². The van der Waals surface area contributed by atoms with Gasteiger partial charge in [0.15, 0.2) is 0 Å². The Morgan fingerprint density at radius 2 is 2.07 bits per heavy atom. The van der Waals surface area contributed by atoms with Gasteiger partial charge in [0, 0.05) is 5.92 Å². The minimum Gasteiger partial charge on any atom is -0.340 e. The van der Waals surface area contributed by atoms with Crippen LogP contribution in [0.2, 0.25) is 0 Å². The molecule has 1 aromatic heterocycles. The lowest BCUT2D eigenvalue weighted by Gasteiger charge is -2.10. The molecule has 2 nitrogen and oxygen atoms in total. The van der Waals surface area contributed by atoms with Crippen LogP contribution in [0.4, 0.5) is 13.2 Å². The molecule has 2 rings (SSSR count). The predicted octanol–water partition coefficient (Wildman–Crippen LogP) is 3.04. The van der Waals surface area contributed by atoms with Crippen molar-refractivity contribution in [3.8, 4) is 0 Å². The second-order valence-electron chi connectivity index (χ2n) is 3.28. The van der Waals surface area contributed by atoms with Crippen molar-refractivity contribution in [1.29, 1.82) is 0 Å². The van der Waals surface area contributed by atoms with Crippen molar-refractivity contribution in [2.24, 2.45) is 0 Å². The van der Waals surface area contributed by atoms with E-state index in [-0.39, 0.29) is 16.3 Å². The van der Waals surface area contributed by atoms with Crippen LogP contribution in [0.25, 0.3) is 0 Å². The van der Waals surface area contributed by atoms with E-state index in [4.69, 9.17) is 0 Å². The number of hydrogen-bond donors (Lipinski definition) is 1. The molecular weight excluding hydrogens is 213 g/mol. The molecule has 76 valence electrons. The van der Waals surface area contributed by atoms with Gasteiger partial charge < -0.3 is 4.98 Å². The maximum absolute atomic E-state index is 12.5. The number of alkyl halides is 3. The van der Waals surface area contributed by atoms with Crippen LogP contribution in [0.3, 0.4) is 0 Å². The van der Waals surface area contributed by atoms with Gasteiger partial charge in [-0.15, -0.1) is 0 Å². The first kappa shape index (κ1) is 9.64. The number of aromatic nitrogens is 2. The first-order valence-corrected chi connectivity index (χ1v) is 4.55. The molecule has 0 unspecified atom stereocenters. The molecule has 1 aliphatic rings. The molecule has 0 atom stereocenters. The SMILES string of the molecule is FC(F)(F)c1[nH]c(=S)cnc1C1CC1. The molecule has 1 N–H and O–H groups in total. The minimum absolute atomic E-state index is 0.0155. The fraction of sp³-hybridized carbons (Fsp3) is 0.500. The lowest BCUT2D eigenvalue weighted by molar-refractivity contribution is -0.142. The number of aromatic amines is 1. The third kappa shape index (κ3) is 1.79. The smallest absolute Gasteiger partial charge is 0.340 e. The van der Waals surface area contributed by atoms with Gasteiger partial charge in [-0.05, 0) is 12.8 Å². The molecule has 1 heterocycles. The third-order valence-electron chi connectivity index (χ3n) is 2.07. The number of rotatable bonds is 1. The molecule has 1 fully saturated rings. The molecule has 6 heteroatoms. The quantitative estimate of drug-likeness (QED) is 0.737. The molecule has 1 aromatic rings. The molecule has 14 heavy (non-hydrogen) atoms. The molecule has 0 aliphatic heterocycles. The summed E-state index contributed by atoms with van der Waals surface area (Å²) in [5.74, 6) is -0.0431. The number of nitrogens with zero attached hydrogens (tertiary/aromatic N) is 1. The molecule has 0 radical (unpaired) electrons. The van der Waals surface area contributed by atoms with Gasteiger partial charge in [0.1, 0.15) is 10.3 Å². The molecular formula is C8H7F3N2S. The molecule has 0 aromatic carbocycles. The zero-order chi connectivity index (χ0) is 10.3. The molecule has 1 saturated carbocycles. The van der Waals surface area contributed by atoms with Crippen molar-refractivity contribution in [2.75, 3.05) is 0 Å². The van der Waals surface area contributed by atoms with Crippen molar-refractivity contribution >= 4 is 12.2 Å². The molecule has 0 bridgehead atoms. The van der Waals surface area contributed by atoms with Crippen molar-refractivity contribution < 1.29 is 13.2 Å². The van der Waals surface area contributed by atoms with Crippen molar-refractivity contribution in [1.82, 2.24) is 9.97 Å². The van der Waals surface area contributed by atoms with Crippen molar-refractivity contribution in [3.63, 3.8) is 0 Å². The zero-order valence-electron chi connectivity index (χ0n) is 7.06. The minimum atomic E-state index is -4.39. The fourth-order valence-corrected chi connectivity index (χ4v) is 1.45. The Morgan fingerprint density at radius 1 is 1.43 bits per heavy atom. The van der Waals surface area contributed by atoms with E-state index in [1.165, 1.54) is 6.20 Å². The van der Waals surface area contributed by atoms with E-state index in [1.54, 1.807) is 0 Å². The van der Waals surface area contributed by atoms with Crippen LogP contribution in [0, 0.1) is 4.64 Å². The van der Waals surface area contributed by atoms with Crippen LogP contribution < -0.4 is 0 Å². The number of halogens is 3. The molecule has 0 saturated heterocycles. The van der Waals surface area contributed by atoms with Gasteiger partial charge in [-0.25, -0.2) is 0 Å². The second-order valence-corrected chi connectivity index (χ2v) is 3.72. The van der Waals surface area contributed by atoms with Gasteiger partial charge in [0.05, 0.1) is 11.9 Å². The van der Waals surface area contributed by atoms with Gasteiger partial charge in [0.25, 0.3) is 0 Å². The highest BCUT2D eigenvalue weighted by Gasteiger charge is 2.40. The van der Waals surface area contributed by atoms with Crippen LogP contribution in [-0.2, 0) is 6.18 Å². The summed E-state index contributed by atoms with van der Waals surface area (Å²) in [5.41, 5.74) is -0.682. The Balaban J connectivity index is 2.53. The van der Waals surface area contributed by atoms with Gasteiger partial charge in [0.2, 0.25) is 0 Å². The van der Waals surface area contributed by atoms with Gasteiger partial charge >= 0.3 is 6.18 Å². The lowest BCUT2D eigenvalue weighted by atomic mass is 10.2. The summed E-state index contributed by atoms with van der Waals surface area (Å²) in [7, 11) is 0. The van der Waals surface area contributed by atoms with Gasteiger partial charge in [-0.2, -0.15) is 13.2 Å². The fourth-order valence-electron chi connectivity index (χ4n) is 1.29. The molecule has 0 amide bonds. The highest BCUT2D eigenvalue weighted by Crippen LogP contribution is 2.43. The Hall–Kier alpha value is -0.910. The monoisotopic (exact) mass is 220 g/mol. The summed E-state index contributed by atoms with van der Waals surface area (Å²) >= 11 is 4.62. The van der Waals surface area contributed by atoms with Crippen LogP contribution in [0.5, 0.6) is 0 Å². The Bertz CT molecular complexity index is 406. The summed E-state index contributed by atoms with van der Waals surface area (Å²) in [6.45, 7) is 0.